The van der Waals surface area contributed by atoms with Crippen LogP contribution in [0.1, 0.15) is 61.0 Å². The van der Waals surface area contributed by atoms with Gasteiger partial charge in [0, 0.05) is 31.1 Å². The number of rotatable bonds is 6. The van der Waals surface area contributed by atoms with E-state index in [-0.39, 0.29) is 34.3 Å². The lowest BCUT2D eigenvalue weighted by molar-refractivity contribution is -0.138. The average Bonchev–Trinajstić information content (AvgIpc) is 3.33. The Morgan fingerprint density at radius 2 is 1.40 bits per heavy atom. The molecule has 3 saturated carbocycles. The summed E-state index contributed by atoms with van der Waals surface area (Å²) in [5.41, 5.74) is -2.01. The molecule has 2 N–H and O–H groups in total. The minimum atomic E-state index is -4.52. The van der Waals surface area contributed by atoms with Crippen molar-refractivity contribution in [2.24, 2.45) is 12.5 Å². The molecular weight excluding hydrogens is 536 g/mol. The molecule has 2 aromatic carbocycles. The number of hydrogen-bond acceptors (Lipinski definition) is 3. The largest absolute Gasteiger partial charge is 0.417 e. The summed E-state index contributed by atoms with van der Waals surface area (Å²) in [7, 11) is 1.70. The molecule has 0 radical (unpaired) electrons. The van der Waals surface area contributed by atoms with Crippen molar-refractivity contribution in [2.75, 3.05) is 6.54 Å². The summed E-state index contributed by atoms with van der Waals surface area (Å²) in [5, 5.41) is 13.9. The lowest BCUT2D eigenvalue weighted by atomic mass is 9.53. The van der Waals surface area contributed by atoms with Crippen LogP contribution in [0.5, 0.6) is 0 Å². The van der Waals surface area contributed by atoms with Crippen LogP contribution in [-0.2, 0) is 31.4 Å². The van der Waals surface area contributed by atoms with E-state index in [1.54, 1.807) is 17.7 Å². The second kappa shape index (κ2) is 10.1. The summed E-state index contributed by atoms with van der Waals surface area (Å²) in [5.74, 6) is 0.840. The number of halogens is 6. The van der Waals surface area contributed by atoms with Gasteiger partial charge in [-0.1, -0.05) is 36.4 Å². The minimum absolute atomic E-state index is 0.00988. The van der Waals surface area contributed by atoms with E-state index in [1.165, 1.54) is 30.3 Å². The zero-order valence-corrected chi connectivity index (χ0v) is 21.8. The molecule has 3 fully saturated rings. The van der Waals surface area contributed by atoms with Crippen LogP contribution in [0.15, 0.2) is 48.5 Å². The Balaban J connectivity index is 1.22. The van der Waals surface area contributed by atoms with Gasteiger partial charge in [0.1, 0.15) is 5.82 Å². The Morgan fingerprint density at radius 3 is 2.02 bits per heavy atom. The number of alkyl halides is 6. The number of aromatic nitrogens is 3. The van der Waals surface area contributed by atoms with Crippen molar-refractivity contribution in [3.05, 3.63) is 71.0 Å². The standard InChI is InChI=1S/C28H29F6N5O/c1-39-22(19-7-3-5-9-21(19)28(32,33)34)37-38-23(39)26-13-10-25(11-14-26,12-15-26)17-36-24(40)35-16-18-6-2-4-8-20(18)27(29,30)31/h2-9H,10-17H2,1H3,(H2,35,36,40). The monoisotopic (exact) mass is 565 g/mol. The molecule has 3 aromatic rings. The van der Waals surface area contributed by atoms with E-state index in [0.29, 0.717) is 12.4 Å². The molecule has 1 heterocycles. The molecule has 2 amide bonds. The van der Waals surface area contributed by atoms with Crippen molar-refractivity contribution in [3.8, 4) is 11.4 Å². The van der Waals surface area contributed by atoms with Gasteiger partial charge in [-0.3, -0.25) is 0 Å². The number of urea groups is 1. The summed E-state index contributed by atoms with van der Waals surface area (Å²) in [6.45, 7) is 0.141. The first kappa shape index (κ1) is 28.0. The van der Waals surface area contributed by atoms with Gasteiger partial charge in [-0.2, -0.15) is 26.3 Å². The maximum absolute atomic E-state index is 13.6. The van der Waals surface area contributed by atoms with Gasteiger partial charge < -0.3 is 15.2 Å². The summed E-state index contributed by atoms with van der Waals surface area (Å²) in [6.07, 6.45) is -4.41. The summed E-state index contributed by atoms with van der Waals surface area (Å²) in [6, 6.07) is 9.92. The van der Waals surface area contributed by atoms with Crippen molar-refractivity contribution in [2.45, 2.75) is 62.8 Å². The molecule has 2 bridgehead atoms. The molecule has 40 heavy (non-hydrogen) atoms. The van der Waals surface area contributed by atoms with Crippen molar-refractivity contribution in [3.63, 3.8) is 0 Å². The third kappa shape index (κ3) is 5.27. The maximum Gasteiger partial charge on any atom is 0.417 e. The van der Waals surface area contributed by atoms with Crippen LogP contribution in [0.2, 0.25) is 0 Å². The van der Waals surface area contributed by atoms with Crippen molar-refractivity contribution < 1.29 is 31.1 Å². The highest BCUT2D eigenvalue weighted by Gasteiger charge is 2.51. The number of fused-ring (bicyclic) bond motifs is 3. The number of carbonyl (C=O) groups excluding carboxylic acids is 1. The summed E-state index contributed by atoms with van der Waals surface area (Å²) >= 11 is 0. The fourth-order valence-corrected chi connectivity index (χ4v) is 6.27. The third-order valence-corrected chi connectivity index (χ3v) is 8.61. The smallest absolute Gasteiger partial charge is 0.338 e. The molecule has 6 rings (SSSR count). The van der Waals surface area contributed by atoms with Gasteiger partial charge in [0.15, 0.2) is 5.82 Å². The predicted octanol–water partition coefficient (Wildman–Crippen LogP) is 6.61. The van der Waals surface area contributed by atoms with Gasteiger partial charge in [-0.15, -0.1) is 10.2 Å². The van der Waals surface area contributed by atoms with Crippen molar-refractivity contribution in [1.82, 2.24) is 25.4 Å². The SMILES string of the molecule is Cn1c(-c2ccccc2C(F)(F)F)nnc1C12CCC(CNC(=O)NCc3ccccc3C(F)(F)F)(CC1)CC2. The molecule has 214 valence electrons. The molecule has 0 aliphatic heterocycles. The molecular formula is C28H29F6N5O. The number of benzene rings is 2. The molecule has 1 aromatic heterocycles. The highest BCUT2D eigenvalue weighted by molar-refractivity contribution is 5.74. The van der Waals surface area contributed by atoms with E-state index in [4.69, 9.17) is 0 Å². The number of carbonyl (C=O) groups is 1. The van der Waals surface area contributed by atoms with Gasteiger partial charge >= 0.3 is 18.4 Å². The van der Waals surface area contributed by atoms with E-state index in [2.05, 4.69) is 20.8 Å². The lowest BCUT2D eigenvalue weighted by Gasteiger charge is -2.52. The third-order valence-electron chi connectivity index (χ3n) is 8.61. The van der Waals surface area contributed by atoms with Crippen LogP contribution >= 0.6 is 0 Å². The molecule has 12 heteroatoms. The average molecular weight is 566 g/mol. The molecule has 0 atom stereocenters. The van der Waals surface area contributed by atoms with Gasteiger partial charge in [-0.05, 0) is 61.6 Å². The van der Waals surface area contributed by atoms with E-state index >= 15 is 0 Å². The van der Waals surface area contributed by atoms with Crippen LogP contribution in [-0.4, -0.2) is 27.3 Å². The Morgan fingerprint density at radius 1 is 0.825 bits per heavy atom. The van der Waals surface area contributed by atoms with Crippen molar-refractivity contribution >= 4 is 6.03 Å². The molecule has 0 saturated heterocycles. The van der Waals surface area contributed by atoms with Crippen LogP contribution < -0.4 is 10.6 Å². The Kier molecular flexibility index (Phi) is 7.08. The predicted molar refractivity (Wildman–Crippen MR) is 135 cm³/mol. The molecule has 3 aliphatic rings. The Bertz CT molecular complexity index is 1370. The molecule has 3 aliphatic carbocycles. The van der Waals surface area contributed by atoms with E-state index in [1.807, 2.05) is 0 Å². The maximum atomic E-state index is 13.6. The van der Waals surface area contributed by atoms with Gasteiger partial charge in [0.25, 0.3) is 0 Å². The van der Waals surface area contributed by atoms with E-state index < -0.39 is 29.5 Å². The first-order valence-electron chi connectivity index (χ1n) is 13.1. The van der Waals surface area contributed by atoms with E-state index in [9.17, 15) is 31.1 Å². The first-order chi connectivity index (χ1) is 18.8. The van der Waals surface area contributed by atoms with Crippen LogP contribution in [0.3, 0.4) is 0 Å². The van der Waals surface area contributed by atoms with Gasteiger partial charge in [0.2, 0.25) is 0 Å². The number of nitrogens with one attached hydrogen (secondary N) is 2. The summed E-state index contributed by atoms with van der Waals surface area (Å²) in [4.78, 5) is 12.5. The topological polar surface area (TPSA) is 71.8 Å². The Labute approximate surface area is 227 Å². The number of nitrogens with zero attached hydrogens (tertiary/aromatic N) is 3. The second-order valence-electron chi connectivity index (χ2n) is 10.9. The number of amides is 2. The number of hydrogen-bond donors (Lipinski definition) is 2. The zero-order valence-electron chi connectivity index (χ0n) is 21.8. The quantitative estimate of drug-likeness (QED) is 0.331. The van der Waals surface area contributed by atoms with E-state index in [0.717, 1.165) is 50.7 Å². The van der Waals surface area contributed by atoms with Crippen LogP contribution in [0.25, 0.3) is 11.4 Å². The second-order valence-corrected chi connectivity index (χ2v) is 10.9. The molecule has 0 spiro atoms. The normalized spacial score (nSPS) is 22.8. The van der Waals surface area contributed by atoms with Gasteiger partial charge in [0.05, 0.1) is 11.1 Å². The highest BCUT2D eigenvalue weighted by Crippen LogP contribution is 2.57. The fourth-order valence-electron chi connectivity index (χ4n) is 6.27. The highest BCUT2D eigenvalue weighted by atomic mass is 19.4. The van der Waals surface area contributed by atoms with Crippen LogP contribution in [0.4, 0.5) is 31.1 Å². The Hall–Kier alpha value is -3.57. The zero-order chi connectivity index (χ0) is 28.8. The summed E-state index contributed by atoms with van der Waals surface area (Å²) < 4.78 is 82.1. The molecule has 6 nitrogen and oxygen atoms in total. The fraction of sp³-hybridized carbons (Fsp3) is 0.464. The van der Waals surface area contributed by atoms with Crippen molar-refractivity contribution in [1.29, 1.82) is 0 Å². The first-order valence-corrected chi connectivity index (χ1v) is 13.1. The van der Waals surface area contributed by atoms with Crippen LogP contribution in [0, 0.1) is 5.41 Å². The molecule has 0 unspecified atom stereocenters. The lowest BCUT2D eigenvalue weighted by Crippen LogP contribution is -2.51. The minimum Gasteiger partial charge on any atom is -0.338 e. The van der Waals surface area contributed by atoms with Gasteiger partial charge in [-0.25, -0.2) is 4.79 Å².